The van der Waals surface area contributed by atoms with Crippen molar-refractivity contribution in [2.24, 2.45) is 22.6 Å². The number of carbonyl (C=O) groups excluding carboxylic acids is 3. The monoisotopic (exact) mass is 627 g/mol. The Kier molecular flexibility index (Phi) is 8.67. The number of nitrogens with one attached hydrogen (secondary N) is 2. The molecule has 4 aliphatic rings. The minimum atomic E-state index is -2.73. The number of anilines is 1. The first-order chi connectivity index (χ1) is 21.2. The van der Waals surface area contributed by atoms with Gasteiger partial charge >= 0.3 is 0 Å². The number of phenolic OH excluding ortho intramolecular Hbond substituents is 1. The summed E-state index contributed by atoms with van der Waals surface area (Å²) in [6, 6.07) is 0.440. The van der Waals surface area contributed by atoms with E-state index in [0.717, 1.165) is 25.9 Å². The molecule has 1 aliphatic heterocycles. The normalized spacial score (nSPS) is 27.1. The molecule has 1 saturated carbocycles. The number of carbonyl (C=O) groups is 3. The lowest BCUT2D eigenvalue weighted by Gasteiger charge is -2.50. The number of aliphatic hydroxyl groups excluding tert-OH is 2. The molecule has 1 heterocycles. The number of likely N-dealkylation sites (tertiary alicyclic amines) is 1. The van der Waals surface area contributed by atoms with E-state index in [1.807, 2.05) is 5.48 Å². The number of hydrogen-bond donors (Lipinski definition) is 8. The van der Waals surface area contributed by atoms with Crippen molar-refractivity contribution in [3.8, 4) is 5.75 Å². The van der Waals surface area contributed by atoms with Crippen LogP contribution in [0.15, 0.2) is 28.0 Å². The Hall–Kier alpha value is -4.02. The number of benzene rings is 1. The summed E-state index contributed by atoms with van der Waals surface area (Å²) in [5.74, 6) is -7.19. The van der Waals surface area contributed by atoms with Gasteiger partial charge in [-0.3, -0.25) is 40.2 Å². The standard InChI is InChI=1S/C30H41N7O8/c1-35(2)18-11-17(33-19(34-45)12-32-13-37-7-5-6-8-37)24(38)21-15(18)9-14-10-16-23(36(3)4)26(40)22(29(31)43)28(42)30(16,44)27(41)20(14)25(21)39/h11,14,16,23,32,38-39,42,44-45H,5-10,12-13H2,1-4H3,(H2,31,43)(H,33,34)/t14?,16?,23-,30-/m0/s1. The Balaban J connectivity index is 1.61. The van der Waals surface area contributed by atoms with E-state index in [4.69, 9.17) is 5.73 Å². The molecule has 15 nitrogen and oxygen atoms in total. The summed E-state index contributed by atoms with van der Waals surface area (Å²) in [5, 5.41) is 59.0. The van der Waals surface area contributed by atoms with Crippen LogP contribution >= 0.6 is 0 Å². The van der Waals surface area contributed by atoms with Gasteiger partial charge in [-0.25, -0.2) is 4.99 Å². The number of hydrogen-bond acceptors (Lipinski definition) is 13. The second-order valence-corrected chi connectivity index (χ2v) is 12.6. The van der Waals surface area contributed by atoms with Gasteiger partial charge in [-0.1, -0.05) is 0 Å². The van der Waals surface area contributed by atoms with Crippen LogP contribution in [0.3, 0.4) is 0 Å². The fourth-order valence-electron chi connectivity index (χ4n) is 7.28. The van der Waals surface area contributed by atoms with E-state index in [9.17, 15) is 40.0 Å². The lowest BCUT2D eigenvalue weighted by atomic mass is 9.57. The maximum absolute atomic E-state index is 14.1. The quantitative estimate of drug-likeness (QED) is 0.0802. The number of aliphatic imine (C=N–C) groups is 1. The molecule has 4 atom stereocenters. The molecule has 1 aromatic rings. The van der Waals surface area contributed by atoms with Crippen LogP contribution < -0.4 is 21.4 Å². The third-order valence-electron chi connectivity index (χ3n) is 9.37. The summed E-state index contributed by atoms with van der Waals surface area (Å²) in [7, 11) is 6.63. The number of fused-ring (bicyclic) bond motifs is 3. The van der Waals surface area contributed by atoms with Crippen LogP contribution in [0.2, 0.25) is 0 Å². The molecule has 0 aromatic heterocycles. The zero-order valence-corrected chi connectivity index (χ0v) is 25.8. The fourth-order valence-corrected chi connectivity index (χ4v) is 7.28. The smallest absolute Gasteiger partial charge is 0.255 e. The van der Waals surface area contributed by atoms with Gasteiger partial charge in [0, 0.05) is 37.9 Å². The molecule has 1 saturated heterocycles. The van der Waals surface area contributed by atoms with E-state index in [2.05, 4.69) is 15.2 Å². The molecule has 2 fully saturated rings. The van der Waals surface area contributed by atoms with Crippen LogP contribution in [0.1, 0.15) is 30.4 Å². The number of Topliss-reactive ketones (excluding diaryl/α,β-unsaturated/α-hetero) is 2. The Morgan fingerprint density at radius 2 is 1.82 bits per heavy atom. The number of phenols is 1. The van der Waals surface area contributed by atoms with Crippen molar-refractivity contribution in [3.63, 3.8) is 0 Å². The van der Waals surface area contributed by atoms with Gasteiger partial charge in [-0.15, -0.1) is 0 Å². The van der Waals surface area contributed by atoms with Crippen LogP contribution in [0.4, 0.5) is 11.4 Å². The first kappa shape index (κ1) is 32.4. The van der Waals surface area contributed by atoms with Crippen LogP contribution in [0, 0.1) is 11.8 Å². The number of amides is 1. The molecule has 1 aromatic carbocycles. The third-order valence-corrected chi connectivity index (χ3v) is 9.37. The topological polar surface area (TPSA) is 225 Å². The second kappa shape index (κ2) is 12.1. The summed E-state index contributed by atoms with van der Waals surface area (Å²) in [5.41, 5.74) is 4.59. The predicted octanol–water partition coefficient (Wildman–Crippen LogP) is -0.318. The van der Waals surface area contributed by atoms with Gasteiger partial charge in [0.25, 0.3) is 5.91 Å². The number of likely N-dealkylation sites (N-methyl/N-ethyl adjacent to an activating group) is 1. The molecule has 45 heavy (non-hydrogen) atoms. The largest absolute Gasteiger partial charge is 0.508 e. The fraction of sp³-hybridized carbons (Fsp3) is 0.533. The molecule has 244 valence electrons. The number of rotatable bonds is 8. The Bertz CT molecular complexity index is 1530. The number of amidine groups is 1. The van der Waals surface area contributed by atoms with Crippen LogP contribution in [0.5, 0.6) is 5.75 Å². The highest BCUT2D eigenvalue weighted by Gasteiger charge is 2.64. The van der Waals surface area contributed by atoms with Crippen molar-refractivity contribution in [2.45, 2.75) is 37.3 Å². The van der Waals surface area contributed by atoms with Crippen molar-refractivity contribution >= 4 is 40.4 Å². The van der Waals surface area contributed by atoms with E-state index in [1.54, 1.807) is 39.2 Å². The first-order valence-corrected chi connectivity index (χ1v) is 14.9. The number of aliphatic hydroxyl groups is 3. The summed E-state index contributed by atoms with van der Waals surface area (Å²) in [4.78, 5) is 49.5. The second-order valence-electron chi connectivity index (χ2n) is 12.6. The van der Waals surface area contributed by atoms with Crippen LogP contribution in [-0.4, -0.2) is 125 Å². The molecule has 2 unspecified atom stereocenters. The van der Waals surface area contributed by atoms with E-state index < -0.39 is 63.8 Å². The number of nitrogens with zero attached hydrogens (tertiary/aromatic N) is 4. The number of ketones is 2. The van der Waals surface area contributed by atoms with Gasteiger partial charge in [-0.05, 0) is 70.4 Å². The highest BCUT2D eigenvalue weighted by atomic mass is 16.5. The van der Waals surface area contributed by atoms with Gasteiger partial charge in [-0.2, -0.15) is 0 Å². The number of nitrogens with two attached hydrogens (primary N) is 1. The van der Waals surface area contributed by atoms with Gasteiger partial charge in [0.2, 0.25) is 5.78 Å². The first-order valence-electron chi connectivity index (χ1n) is 14.9. The minimum Gasteiger partial charge on any atom is -0.508 e. The Morgan fingerprint density at radius 3 is 2.40 bits per heavy atom. The van der Waals surface area contributed by atoms with E-state index >= 15 is 0 Å². The zero-order valence-electron chi connectivity index (χ0n) is 25.8. The SMILES string of the molecule is CN(C)c1cc(N=C(CNCN2CCCC2)NO)c(O)c2c1CC1CC3[C@H](N(C)C)C(=O)C(C(N)=O)=C(O)[C@@]3(O)C(=O)C1=C2O. The predicted molar refractivity (Wildman–Crippen MR) is 164 cm³/mol. The molecule has 0 spiro atoms. The van der Waals surface area contributed by atoms with Crippen molar-refractivity contribution in [3.05, 3.63) is 34.1 Å². The number of hydroxylamine groups is 1. The van der Waals surface area contributed by atoms with Crippen molar-refractivity contribution in [1.29, 1.82) is 0 Å². The van der Waals surface area contributed by atoms with Gasteiger partial charge in [0.05, 0.1) is 18.2 Å². The van der Waals surface area contributed by atoms with Crippen molar-refractivity contribution in [1.82, 2.24) is 20.6 Å². The molecule has 0 bridgehead atoms. The van der Waals surface area contributed by atoms with Crippen molar-refractivity contribution < 1.29 is 40.0 Å². The van der Waals surface area contributed by atoms with Crippen LogP contribution in [0.25, 0.3) is 5.76 Å². The van der Waals surface area contributed by atoms with Gasteiger partial charge in [0.15, 0.2) is 17.1 Å². The van der Waals surface area contributed by atoms with Gasteiger partial charge in [0.1, 0.15) is 28.6 Å². The molecular formula is C30H41N7O8. The zero-order chi connectivity index (χ0) is 33.0. The molecular weight excluding hydrogens is 586 g/mol. The maximum atomic E-state index is 14.1. The Morgan fingerprint density at radius 1 is 1.16 bits per heavy atom. The number of aromatic hydroxyl groups is 1. The average molecular weight is 628 g/mol. The van der Waals surface area contributed by atoms with E-state index in [0.29, 0.717) is 17.9 Å². The summed E-state index contributed by atoms with van der Waals surface area (Å²) < 4.78 is 0. The molecule has 1 amide bonds. The molecule has 9 N–H and O–H groups in total. The average Bonchev–Trinajstić information content (AvgIpc) is 3.48. The van der Waals surface area contributed by atoms with Crippen molar-refractivity contribution in [2.75, 3.05) is 59.4 Å². The lowest BCUT2D eigenvalue weighted by molar-refractivity contribution is -0.153. The summed E-state index contributed by atoms with van der Waals surface area (Å²) in [6.45, 7) is 2.66. The Labute approximate surface area is 260 Å². The minimum absolute atomic E-state index is 0.00267. The lowest BCUT2D eigenvalue weighted by Crippen LogP contribution is -2.65. The van der Waals surface area contributed by atoms with E-state index in [-0.39, 0.29) is 42.0 Å². The summed E-state index contributed by atoms with van der Waals surface area (Å²) in [6.07, 6.45) is 2.37. The van der Waals surface area contributed by atoms with Gasteiger partial charge < -0.3 is 31.1 Å². The highest BCUT2D eigenvalue weighted by Crippen LogP contribution is 2.54. The molecule has 0 radical (unpaired) electrons. The summed E-state index contributed by atoms with van der Waals surface area (Å²) >= 11 is 0. The third kappa shape index (κ3) is 5.23. The molecule has 15 heteroatoms. The molecule has 3 aliphatic carbocycles. The maximum Gasteiger partial charge on any atom is 0.255 e. The number of primary amides is 1. The highest BCUT2D eigenvalue weighted by molar-refractivity contribution is 6.24. The van der Waals surface area contributed by atoms with E-state index in [1.165, 1.54) is 4.90 Å². The molecule has 5 rings (SSSR count). The van der Waals surface area contributed by atoms with Crippen LogP contribution in [-0.2, 0) is 20.8 Å².